The Morgan fingerprint density at radius 2 is 2.24 bits per heavy atom. The molecule has 0 spiro atoms. The molecular weight excluding hydrogens is 316 g/mol. The van der Waals surface area contributed by atoms with Crippen LogP contribution in [0.4, 0.5) is 5.69 Å². The monoisotopic (exact) mass is 336 g/mol. The van der Waals surface area contributed by atoms with E-state index >= 15 is 0 Å². The van der Waals surface area contributed by atoms with Crippen LogP contribution in [0.5, 0.6) is 5.88 Å². The van der Waals surface area contributed by atoms with Gasteiger partial charge in [0, 0.05) is 47.7 Å². The van der Waals surface area contributed by atoms with Crippen molar-refractivity contribution in [2.75, 3.05) is 19.0 Å². The van der Waals surface area contributed by atoms with Gasteiger partial charge in [-0.3, -0.25) is 5.10 Å². The standard InChI is InChI=1S/C19H20N4O2/c1-24-18-6-5-13(11-21-18)10-20-15-4-2-3-14(9-15)19-16-12-25-8-7-17(16)22-23-19/h2-6,9,11,20H,7-8,10,12H2,1H3,(H,22,23). The first-order chi connectivity index (χ1) is 12.3. The lowest BCUT2D eigenvalue weighted by Gasteiger charge is -2.13. The summed E-state index contributed by atoms with van der Waals surface area (Å²) in [4.78, 5) is 4.23. The molecule has 1 aromatic carbocycles. The van der Waals surface area contributed by atoms with Crippen LogP contribution in [0.2, 0.25) is 0 Å². The third-order valence-corrected chi connectivity index (χ3v) is 4.33. The van der Waals surface area contributed by atoms with E-state index in [2.05, 4.69) is 38.7 Å². The number of benzene rings is 1. The molecule has 0 bridgehead atoms. The average Bonchev–Trinajstić information content (AvgIpc) is 3.11. The molecule has 1 aliphatic heterocycles. The van der Waals surface area contributed by atoms with Crippen molar-refractivity contribution in [3.8, 4) is 17.1 Å². The summed E-state index contributed by atoms with van der Waals surface area (Å²) in [5.74, 6) is 0.622. The molecular formula is C19H20N4O2. The van der Waals surface area contributed by atoms with Crippen LogP contribution in [0, 0.1) is 0 Å². The predicted octanol–water partition coefficient (Wildman–Crippen LogP) is 3.17. The Hall–Kier alpha value is -2.86. The van der Waals surface area contributed by atoms with Gasteiger partial charge in [0.15, 0.2) is 0 Å². The third kappa shape index (κ3) is 3.34. The molecule has 6 heteroatoms. The van der Waals surface area contributed by atoms with Crippen molar-refractivity contribution >= 4 is 5.69 Å². The number of pyridine rings is 1. The van der Waals surface area contributed by atoms with Crippen LogP contribution in [0.1, 0.15) is 16.8 Å². The minimum Gasteiger partial charge on any atom is -0.481 e. The molecule has 25 heavy (non-hydrogen) atoms. The number of nitrogens with one attached hydrogen (secondary N) is 2. The summed E-state index contributed by atoms with van der Waals surface area (Å²) in [6.07, 6.45) is 2.71. The van der Waals surface area contributed by atoms with Crippen LogP contribution in [0.25, 0.3) is 11.3 Å². The molecule has 2 N–H and O–H groups in total. The van der Waals surface area contributed by atoms with Crippen molar-refractivity contribution in [3.05, 3.63) is 59.4 Å². The van der Waals surface area contributed by atoms with Crippen LogP contribution in [0.3, 0.4) is 0 Å². The van der Waals surface area contributed by atoms with E-state index in [0.717, 1.165) is 35.5 Å². The highest BCUT2D eigenvalue weighted by Crippen LogP contribution is 2.29. The Labute approximate surface area is 146 Å². The molecule has 4 rings (SSSR count). The molecule has 128 valence electrons. The van der Waals surface area contributed by atoms with E-state index in [9.17, 15) is 0 Å². The topological polar surface area (TPSA) is 72.1 Å². The number of rotatable bonds is 5. The van der Waals surface area contributed by atoms with Crippen molar-refractivity contribution in [1.82, 2.24) is 15.2 Å². The molecule has 0 atom stereocenters. The maximum atomic E-state index is 5.58. The molecule has 0 unspecified atom stereocenters. The van der Waals surface area contributed by atoms with Gasteiger partial charge in [-0.05, 0) is 17.7 Å². The van der Waals surface area contributed by atoms with E-state index in [1.165, 1.54) is 11.3 Å². The molecule has 2 aromatic heterocycles. The number of H-pyrrole nitrogens is 1. The number of fused-ring (bicyclic) bond motifs is 1. The van der Waals surface area contributed by atoms with Crippen LogP contribution < -0.4 is 10.1 Å². The first kappa shape index (κ1) is 15.7. The predicted molar refractivity (Wildman–Crippen MR) is 95.5 cm³/mol. The van der Waals surface area contributed by atoms with Crippen LogP contribution in [-0.4, -0.2) is 28.9 Å². The molecule has 0 radical (unpaired) electrons. The molecule has 0 amide bonds. The van der Waals surface area contributed by atoms with Gasteiger partial charge >= 0.3 is 0 Å². The molecule has 0 fully saturated rings. The Morgan fingerprint density at radius 1 is 1.28 bits per heavy atom. The summed E-state index contributed by atoms with van der Waals surface area (Å²) < 4.78 is 10.7. The summed E-state index contributed by atoms with van der Waals surface area (Å²) in [5, 5.41) is 11.1. The average molecular weight is 336 g/mol. The normalized spacial score (nSPS) is 13.3. The van der Waals surface area contributed by atoms with Gasteiger partial charge in [-0.2, -0.15) is 5.10 Å². The number of methoxy groups -OCH3 is 1. The zero-order valence-corrected chi connectivity index (χ0v) is 14.1. The minimum atomic E-state index is 0.621. The SMILES string of the molecule is COc1ccc(CNc2cccc(-c3n[nH]c4c3COCC4)c2)cn1. The number of ether oxygens (including phenoxy) is 2. The Balaban J connectivity index is 1.50. The zero-order valence-electron chi connectivity index (χ0n) is 14.1. The second-order valence-corrected chi connectivity index (χ2v) is 5.98. The lowest BCUT2D eigenvalue weighted by molar-refractivity contribution is 0.110. The number of nitrogens with zero attached hydrogens (tertiary/aromatic N) is 2. The first-order valence-corrected chi connectivity index (χ1v) is 8.30. The molecule has 6 nitrogen and oxygen atoms in total. The summed E-state index contributed by atoms with van der Waals surface area (Å²) in [6.45, 7) is 2.07. The number of hydrogen-bond acceptors (Lipinski definition) is 5. The van der Waals surface area contributed by atoms with Gasteiger partial charge in [-0.1, -0.05) is 18.2 Å². The van der Waals surface area contributed by atoms with Crippen LogP contribution >= 0.6 is 0 Å². The number of aromatic nitrogens is 3. The van der Waals surface area contributed by atoms with E-state index in [1.807, 2.05) is 24.4 Å². The number of anilines is 1. The van der Waals surface area contributed by atoms with E-state index in [0.29, 0.717) is 19.0 Å². The lowest BCUT2D eigenvalue weighted by atomic mass is 10.0. The van der Waals surface area contributed by atoms with E-state index in [-0.39, 0.29) is 0 Å². The quantitative estimate of drug-likeness (QED) is 0.749. The fourth-order valence-electron chi connectivity index (χ4n) is 2.97. The second kappa shape index (κ2) is 6.94. The van der Waals surface area contributed by atoms with Crippen LogP contribution in [0.15, 0.2) is 42.6 Å². The highest BCUT2D eigenvalue weighted by molar-refractivity contribution is 5.68. The van der Waals surface area contributed by atoms with Gasteiger partial charge in [0.05, 0.1) is 26.0 Å². The minimum absolute atomic E-state index is 0.621. The highest BCUT2D eigenvalue weighted by Gasteiger charge is 2.18. The largest absolute Gasteiger partial charge is 0.481 e. The van der Waals surface area contributed by atoms with Crippen molar-refractivity contribution in [1.29, 1.82) is 0 Å². The molecule has 0 saturated heterocycles. The Kier molecular flexibility index (Phi) is 4.35. The van der Waals surface area contributed by atoms with Gasteiger partial charge in [0.25, 0.3) is 0 Å². The van der Waals surface area contributed by atoms with Gasteiger partial charge in [-0.15, -0.1) is 0 Å². The smallest absolute Gasteiger partial charge is 0.212 e. The highest BCUT2D eigenvalue weighted by atomic mass is 16.5. The van der Waals surface area contributed by atoms with Crippen molar-refractivity contribution < 1.29 is 9.47 Å². The van der Waals surface area contributed by atoms with E-state index in [1.54, 1.807) is 7.11 Å². The first-order valence-electron chi connectivity index (χ1n) is 8.30. The Morgan fingerprint density at radius 3 is 3.08 bits per heavy atom. The molecule has 3 heterocycles. The van der Waals surface area contributed by atoms with Crippen molar-refractivity contribution in [2.24, 2.45) is 0 Å². The second-order valence-electron chi connectivity index (χ2n) is 5.98. The summed E-state index contributed by atoms with van der Waals surface area (Å²) >= 11 is 0. The maximum Gasteiger partial charge on any atom is 0.212 e. The van der Waals surface area contributed by atoms with Crippen molar-refractivity contribution in [3.63, 3.8) is 0 Å². The van der Waals surface area contributed by atoms with E-state index < -0.39 is 0 Å². The van der Waals surface area contributed by atoms with Gasteiger partial charge in [-0.25, -0.2) is 4.98 Å². The summed E-state index contributed by atoms with van der Waals surface area (Å²) in [7, 11) is 1.62. The lowest BCUT2D eigenvalue weighted by Crippen LogP contribution is -2.08. The zero-order chi connectivity index (χ0) is 17.1. The molecule has 0 aliphatic carbocycles. The van der Waals surface area contributed by atoms with Crippen molar-refractivity contribution in [2.45, 2.75) is 19.6 Å². The van der Waals surface area contributed by atoms with Crippen LogP contribution in [-0.2, 0) is 24.3 Å². The van der Waals surface area contributed by atoms with E-state index in [4.69, 9.17) is 9.47 Å². The number of hydrogen-bond donors (Lipinski definition) is 2. The van der Waals surface area contributed by atoms with Gasteiger partial charge < -0.3 is 14.8 Å². The molecule has 0 saturated carbocycles. The van der Waals surface area contributed by atoms with Gasteiger partial charge in [0.2, 0.25) is 5.88 Å². The molecule has 3 aromatic rings. The fourth-order valence-corrected chi connectivity index (χ4v) is 2.97. The molecule has 1 aliphatic rings. The summed E-state index contributed by atoms with van der Waals surface area (Å²) in [5.41, 5.74) is 6.55. The number of aromatic amines is 1. The fraction of sp³-hybridized carbons (Fsp3) is 0.263. The maximum absolute atomic E-state index is 5.58. The third-order valence-electron chi connectivity index (χ3n) is 4.33. The Bertz CT molecular complexity index is 858. The summed E-state index contributed by atoms with van der Waals surface area (Å²) in [6, 6.07) is 12.1. The van der Waals surface area contributed by atoms with Gasteiger partial charge in [0.1, 0.15) is 0 Å².